The summed E-state index contributed by atoms with van der Waals surface area (Å²) in [4.78, 5) is 27.0. The molecule has 6 nitrogen and oxygen atoms in total. The second kappa shape index (κ2) is 9.56. The summed E-state index contributed by atoms with van der Waals surface area (Å²) in [5, 5.41) is 5.69. The third-order valence-electron chi connectivity index (χ3n) is 5.31. The molecular weight excluding hydrogens is 366 g/mol. The third kappa shape index (κ3) is 5.15. The number of likely N-dealkylation sites (N-methyl/N-ethyl adjacent to an activating group) is 1. The zero-order valence-corrected chi connectivity index (χ0v) is 17.2. The Morgan fingerprint density at radius 2 is 1.76 bits per heavy atom. The van der Waals surface area contributed by atoms with Gasteiger partial charge in [0.05, 0.1) is 12.1 Å². The van der Waals surface area contributed by atoms with Crippen LogP contribution in [0.3, 0.4) is 0 Å². The lowest BCUT2D eigenvalue weighted by molar-refractivity contribution is -0.137. The van der Waals surface area contributed by atoms with E-state index in [2.05, 4.69) is 10.6 Å². The molecule has 0 spiro atoms. The first-order valence-electron chi connectivity index (χ1n) is 10.1. The molecule has 0 bridgehead atoms. The van der Waals surface area contributed by atoms with Gasteiger partial charge in [0.2, 0.25) is 11.8 Å². The molecule has 1 heterocycles. The van der Waals surface area contributed by atoms with Crippen molar-refractivity contribution in [1.29, 1.82) is 0 Å². The van der Waals surface area contributed by atoms with E-state index >= 15 is 0 Å². The van der Waals surface area contributed by atoms with Crippen LogP contribution in [0.15, 0.2) is 54.6 Å². The average Bonchev–Trinajstić information content (AvgIpc) is 3.23. The third-order valence-corrected chi connectivity index (χ3v) is 5.31. The van der Waals surface area contributed by atoms with Crippen LogP contribution in [-0.4, -0.2) is 42.4 Å². The molecule has 1 unspecified atom stereocenters. The Morgan fingerprint density at radius 1 is 1.03 bits per heavy atom. The van der Waals surface area contributed by atoms with Crippen molar-refractivity contribution in [2.75, 3.05) is 13.6 Å². The van der Waals surface area contributed by atoms with Crippen molar-refractivity contribution < 1.29 is 14.3 Å². The molecule has 2 aromatic rings. The molecule has 1 fully saturated rings. The van der Waals surface area contributed by atoms with Gasteiger partial charge in [-0.1, -0.05) is 30.3 Å². The first-order chi connectivity index (χ1) is 14.0. The number of nitrogens with zero attached hydrogens (tertiary/aromatic N) is 1. The lowest BCUT2D eigenvalue weighted by Crippen LogP contribution is -2.51. The summed E-state index contributed by atoms with van der Waals surface area (Å²) in [7, 11) is 1.72. The second-order valence-electron chi connectivity index (χ2n) is 7.42. The molecule has 154 valence electrons. The van der Waals surface area contributed by atoms with Gasteiger partial charge in [-0.2, -0.15) is 0 Å². The first kappa shape index (κ1) is 20.9. The van der Waals surface area contributed by atoms with Gasteiger partial charge in [0.25, 0.3) is 0 Å². The van der Waals surface area contributed by atoms with E-state index in [0.717, 1.165) is 29.9 Å². The number of nitrogens with one attached hydrogen (secondary N) is 2. The Hall–Kier alpha value is -2.86. The van der Waals surface area contributed by atoms with E-state index in [4.69, 9.17) is 4.74 Å². The monoisotopic (exact) mass is 395 g/mol. The molecule has 0 saturated carbocycles. The van der Waals surface area contributed by atoms with Gasteiger partial charge in [-0.3, -0.25) is 9.59 Å². The van der Waals surface area contributed by atoms with E-state index in [1.165, 1.54) is 0 Å². The molecule has 2 N–H and O–H groups in total. The van der Waals surface area contributed by atoms with E-state index < -0.39 is 6.04 Å². The molecule has 6 heteroatoms. The molecule has 3 atom stereocenters. The minimum absolute atomic E-state index is 0.0112. The van der Waals surface area contributed by atoms with Crippen LogP contribution in [0.1, 0.15) is 38.3 Å². The van der Waals surface area contributed by atoms with Crippen LogP contribution in [0.5, 0.6) is 11.5 Å². The van der Waals surface area contributed by atoms with Crippen molar-refractivity contribution >= 4 is 11.8 Å². The average molecular weight is 396 g/mol. The number of hydrogen-bond donors (Lipinski definition) is 2. The van der Waals surface area contributed by atoms with Crippen LogP contribution in [0, 0.1) is 0 Å². The zero-order valence-electron chi connectivity index (χ0n) is 17.2. The van der Waals surface area contributed by atoms with Crippen LogP contribution in [0.25, 0.3) is 0 Å². The highest BCUT2D eigenvalue weighted by Gasteiger charge is 2.33. The molecule has 0 radical (unpaired) electrons. The van der Waals surface area contributed by atoms with Gasteiger partial charge in [-0.05, 0) is 63.6 Å². The van der Waals surface area contributed by atoms with Crippen molar-refractivity contribution in [3.05, 3.63) is 60.2 Å². The Balaban J connectivity index is 1.71. The zero-order chi connectivity index (χ0) is 20.8. The number of likely N-dealkylation sites (tertiary alicyclic amines) is 1. The summed E-state index contributed by atoms with van der Waals surface area (Å²) in [6.45, 7) is 4.20. The van der Waals surface area contributed by atoms with Crippen molar-refractivity contribution in [3.8, 4) is 11.5 Å². The first-order valence-corrected chi connectivity index (χ1v) is 10.1. The summed E-state index contributed by atoms with van der Waals surface area (Å²) in [6.07, 6.45) is 1.84. The smallest absolute Gasteiger partial charge is 0.245 e. The van der Waals surface area contributed by atoms with Crippen molar-refractivity contribution in [2.45, 2.75) is 44.8 Å². The number of amides is 2. The maximum absolute atomic E-state index is 13.0. The summed E-state index contributed by atoms with van der Waals surface area (Å²) in [5.74, 6) is 1.29. The van der Waals surface area contributed by atoms with Crippen LogP contribution in [-0.2, 0) is 9.59 Å². The number of carbonyl (C=O) groups excluding carboxylic acids is 2. The lowest BCUT2D eigenvalue weighted by atomic mass is 10.0. The largest absolute Gasteiger partial charge is 0.457 e. The van der Waals surface area contributed by atoms with Gasteiger partial charge < -0.3 is 20.3 Å². The van der Waals surface area contributed by atoms with Gasteiger partial charge in [0, 0.05) is 6.54 Å². The fourth-order valence-electron chi connectivity index (χ4n) is 3.57. The molecule has 1 saturated heterocycles. The van der Waals surface area contributed by atoms with Crippen LogP contribution in [0.2, 0.25) is 0 Å². The number of ether oxygens (including phenoxy) is 1. The van der Waals surface area contributed by atoms with Crippen molar-refractivity contribution in [2.24, 2.45) is 0 Å². The number of rotatable bonds is 7. The maximum atomic E-state index is 13.0. The molecular formula is C23H29N3O3. The Bertz CT molecular complexity index is 840. The molecule has 2 aromatic carbocycles. The molecule has 0 aliphatic carbocycles. The van der Waals surface area contributed by atoms with E-state index in [1.54, 1.807) is 20.9 Å². The summed E-state index contributed by atoms with van der Waals surface area (Å²) in [5.41, 5.74) is 1.05. The van der Waals surface area contributed by atoms with E-state index in [0.29, 0.717) is 6.54 Å². The van der Waals surface area contributed by atoms with E-state index in [1.807, 2.05) is 59.5 Å². The molecule has 29 heavy (non-hydrogen) atoms. The normalized spacial score (nSPS) is 18.2. The van der Waals surface area contributed by atoms with Gasteiger partial charge in [0.1, 0.15) is 17.5 Å². The Morgan fingerprint density at radius 3 is 2.48 bits per heavy atom. The fraction of sp³-hybridized carbons (Fsp3) is 0.391. The highest BCUT2D eigenvalue weighted by Crippen LogP contribution is 2.34. The fourth-order valence-corrected chi connectivity index (χ4v) is 3.57. The lowest BCUT2D eigenvalue weighted by Gasteiger charge is -2.29. The Kier molecular flexibility index (Phi) is 6.88. The Labute approximate surface area is 172 Å². The van der Waals surface area contributed by atoms with Gasteiger partial charge in [-0.15, -0.1) is 0 Å². The minimum Gasteiger partial charge on any atom is -0.457 e. The quantitative estimate of drug-likeness (QED) is 0.755. The number of hydrogen-bond acceptors (Lipinski definition) is 4. The summed E-state index contributed by atoms with van der Waals surface area (Å²) >= 11 is 0. The molecule has 2 amide bonds. The van der Waals surface area contributed by atoms with Gasteiger partial charge >= 0.3 is 0 Å². The highest BCUT2D eigenvalue weighted by atomic mass is 16.5. The van der Waals surface area contributed by atoms with E-state index in [9.17, 15) is 9.59 Å². The second-order valence-corrected chi connectivity index (χ2v) is 7.42. The number of benzene rings is 2. The van der Waals surface area contributed by atoms with E-state index in [-0.39, 0.29) is 23.9 Å². The number of para-hydroxylation sites is 1. The predicted octanol–water partition coefficient (Wildman–Crippen LogP) is 3.26. The highest BCUT2D eigenvalue weighted by molar-refractivity contribution is 5.89. The molecule has 0 aromatic heterocycles. The maximum Gasteiger partial charge on any atom is 0.245 e. The SMILES string of the molecule is CNC(C)C(=O)N[C@@H](C)C(=O)N1CCC[C@H]1c1cccc(Oc2ccccc2)c1. The van der Waals surface area contributed by atoms with Gasteiger partial charge in [-0.25, -0.2) is 0 Å². The predicted molar refractivity (Wildman–Crippen MR) is 113 cm³/mol. The minimum atomic E-state index is -0.567. The van der Waals surface area contributed by atoms with Crippen LogP contribution < -0.4 is 15.4 Å². The standard InChI is InChI=1S/C23H29N3O3/c1-16(24-3)22(27)25-17(2)23(28)26-14-8-13-21(26)18-9-7-12-20(15-18)29-19-10-5-4-6-11-19/h4-7,9-12,15-17,21,24H,8,13-14H2,1-3H3,(H,25,27)/t16?,17-,21-/m0/s1. The molecule has 3 rings (SSSR count). The topological polar surface area (TPSA) is 70.7 Å². The molecule has 1 aliphatic heterocycles. The van der Waals surface area contributed by atoms with Crippen molar-refractivity contribution in [1.82, 2.24) is 15.5 Å². The molecule has 1 aliphatic rings. The van der Waals surface area contributed by atoms with Crippen molar-refractivity contribution in [3.63, 3.8) is 0 Å². The van der Waals surface area contributed by atoms with Gasteiger partial charge in [0.15, 0.2) is 0 Å². The number of carbonyl (C=O) groups is 2. The van der Waals surface area contributed by atoms with Crippen LogP contribution >= 0.6 is 0 Å². The summed E-state index contributed by atoms with van der Waals surface area (Å²) < 4.78 is 5.95. The summed E-state index contributed by atoms with van der Waals surface area (Å²) in [6, 6.07) is 16.6. The van der Waals surface area contributed by atoms with Crippen LogP contribution in [0.4, 0.5) is 0 Å².